The topological polar surface area (TPSA) is 105 Å². The third-order valence-electron chi connectivity index (χ3n) is 6.43. The summed E-state index contributed by atoms with van der Waals surface area (Å²) in [5.74, 6) is 0. The number of nitrogens with two attached hydrogens (primary N) is 1. The molecule has 0 aliphatic carbocycles. The van der Waals surface area contributed by atoms with Gasteiger partial charge in [-0.15, -0.1) is 0 Å². The van der Waals surface area contributed by atoms with E-state index in [9.17, 15) is 9.90 Å². The van der Waals surface area contributed by atoms with Crippen molar-refractivity contribution in [3.8, 4) is 11.3 Å². The van der Waals surface area contributed by atoms with Crippen molar-refractivity contribution in [3.63, 3.8) is 0 Å². The van der Waals surface area contributed by atoms with Crippen LogP contribution >= 0.6 is 11.6 Å². The highest BCUT2D eigenvalue weighted by molar-refractivity contribution is 6.34. The van der Waals surface area contributed by atoms with Crippen LogP contribution in [0.1, 0.15) is 12.0 Å². The smallest absolute Gasteiger partial charge is 0.407 e. The number of amides is 1. The number of carbonyl (C=O) groups is 1. The van der Waals surface area contributed by atoms with Crippen molar-refractivity contribution in [2.24, 2.45) is 0 Å². The molecule has 2 aromatic heterocycles. The maximum Gasteiger partial charge on any atom is 0.407 e. The van der Waals surface area contributed by atoms with Crippen molar-refractivity contribution in [2.75, 3.05) is 36.9 Å². The van der Waals surface area contributed by atoms with Gasteiger partial charge in [-0.05, 0) is 37.1 Å². The molecule has 4 heterocycles. The van der Waals surface area contributed by atoms with Crippen molar-refractivity contribution >= 4 is 40.0 Å². The van der Waals surface area contributed by atoms with Gasteiger partial charge in [0.25, 0.3) is 0 Å². The quantitative estimate of drug-likeness (QED) is 0.608. The van der Waals surface area contributed by atoms with Gasteiger partial charge in [-0.1, -0.05) is 17.7 Å². The minimum atomic E-state index is -0.892. The van der Waals surface area contributed by atoms with E-state index in [1.54, 1.807) is 12.4 Å². The maximum absolute atomic E-state index is 11.6. The summed E-state index contributed by atoms with van der Waals surface area (Å²) < 4.78 is 5.96. The van der Waals surface area contributed by atoms with E-state index in [0.717, 1.165) is 33.4 Å². The van der Waals surface area contributed by atoms with Crippen LogP contribution in [0.4, 0.5) is 16.2 Å². The molecule has 0 saturated carbocycles. The molecule has 2 atom stereocenters. The fourth-order valence-electron chi connectivity index (χ4n) is 4.76. The van der Waals surface area contributed by atoms with Gasteiger partial charge < -0.3 is 25.4 Å². The van der Waals surface area contributed by atoms with Gasteiger partial charge in [-0.2, -0.15) is 0 Å². The number of rotatable bonds is 2. The first-order valence-electron chi connectivity index (χ1n) is 10.6. The number of morpholine rings is 1. The minimum Gasteiger partial charge on any atom is -0.465 e. The van der Waals surface area contributed by atoms with Crippen molar-refractivity contribution < 1.29 is 14.6 Å². The highest BCUT2D eigenvalue weighted by Gasteiger charge is 2.40. The van der Waals surface area contributed by atoms with Crippen molar-refractivity contribution in [3.05, 3.63) is 47.2 Å². The van der Waals surface area contributed by atoms with Crippen LogP contribution in [0.25, 0.3) is 22.2 Å². The number of halogens is 1. The Morgan fingerprint density at radius 1 is 1.28 bits per heavy atom. The van der Waals surface area contributed by atoms with Gasteiger partial charge in [0.05, 0.1) is 46.4 Å². The summed E-state index contributed by atoms with van der Waals surface area (Å²) >= 11 is 6.66. The number of nitrogens with zero attached hydrogens (tertiary/aromatic N) is 4. The number of hydrogen-bond donors (Lipinski definition) is 2. The van der Waals surface area contributed by atoms with Gasteiger partial charge in [0, 0.05) is 43.0 Å². The fraction of sp³-hybridized carbons (Fsp3) is 0.348. The van der Waals surface area contributed by atoms with Crippen LogP contribution in [0.5, 0.6) is 0 Å². The summed E-state index contributed by atoms with van der Waals surface area (Å²) in [6.45, 7) is 3.99. The molecule has 0 radical (unpaired) electrons. The molecule has 0 spiro atoms. The number of benzene rings is 1. The molecule has 2 aliphatic rings. The summed E-state index contributed by atoms with van der Waals surface area (Å²) in [5, 5.41) is 11.0. The summed E-state index contributed by atoms with van der Waals surface area (Å²) in [5.41, 5.74) is 11.2. The van der Waals surface area contributed by atoms with Crippen LogP contribution < -0.4 is 10.6 Å². The zero-order chi connectivity index (χ0) is 22.4. The Morgan fingerprint density at radius 2 is 2.12 bits per heavy atom. The molecule has 0 bridgehead atoms. The molecule has 2 fully saturated rings. The van der Waals surface area contributed by atoms with Crippen molar-refractivity contribution in [2.45, 2.75) is 25.5 Å². The second-order valence-electron chi connectivity index (χ2n) is 8.26. The standard InChI is InChI=1S/C23H24ClN5O3/c1-13-4-6-26-21(20(13)25)14-2-3-17-15(10-14)22(16(24)11-27-17)28-7-5-18-19(12-28)32-9-8-29(18)23(30)31/h2-4,6,10-11,18-19H,5,7-9,12,25H2,1H3,(H,30,31)/t18-,19-/m0/s1. The Balaban J connectivity index is 1.55. The molecule has 2 saturated heterocycles. The fourth-order valence-corrected chi connectivity index (χ4v) is 5.03. The van der Waals surface area contributed by atoms with E-state index in [-0.39, 0.29) is 12.1 Å². The molecule has 3 aromatic rings. The molecule has 166 valence electrons. The molecule has 1 amide bonds. The van der Waals surface area contributed by atoms with E-state index in [1.165, 1.54) is 4.90 Å². The van der Waals surface area contributed by atoms with E-state index in [4.69, 9.17) is 22.1 Å². The number of aryl methyl sites for hydroxylation is 1. The Morgan fingerprint density at radius 3 is 2.94 bits per heavy atom. The molecule has 0 unspecified atom stereocenters. The number of pyridine rings is 2. The van der Waals surface area contributed by atoms with Gasteiger partial charge in [-0.3, -0.25) is 9.97 Å². The second-order valence-corrected chi connectivity index (χ2v) is 8.67. The zero-order valence-corrected chi connectivity index (χ0v) is 18.4. The maximum atomic E-state index is 11.6. The van der Waals surface area contributed by atoms with Crippen LogP contribution in [-0.2, 0) is 4.74 Å². The molecule has 32 heavy (non-hydrogen) atoms. The van der Waals surface area contributed by atoms with Crippen LogP contribution in [0, 0.1) is 6.92 Å². The minimum absolute atomic E-state index is 0.142. The first-order chi connectivity index (χ1) is 15.4. The lowest BCUT2D eigenvalue weighted by molar-refractivity contribution is -0.0659. The van der Waals surface area contributed by atoms with Crippen molar-refractivity contribution in [1.29, 1.82) is 0 Å². The molecular weight excluding hydrogens is 430 g/mol. The number of anilines is 2. The summed E-state index contributed by atoms with van der Waals surface area (Å²) in [4.78, 5) is 24.3. The molecule has 5 rings (SSSR count). The number of nitrogen functional groups attached to an aromatic ring is 1. The summed E-state index contributed by atoms with van der Waals surface area (Å²) in [7, 11) is 0. The average molecular weight is 454 g/mol. The molecular formula is C23H24ClN5O3. The third-order valence-corrected chi connectivity index (χ3v) is 6.70. The predicted molar refractivity (Wildman–Crippen MR) is 124 cm³/mol. The monoisotopic (exact) mass is 453 g/mol. The molecule has 8 nitrogen and oxygen atoms in total. The van der Waals surface area contributed by atoms with Gasteiger partial charge >= 0.3 is 6.09 Å². The number of fused-ring (bicyclic) bond motifs is 2. The molecule has 3 N–H and O–H groups in total. The van der Waals surface area contributed by atoms with E-state index < -0.39 is 6.09 Å². The molecule has 9 heteroatoms. The van der Waals surface area contributed by atoms with E-state index in [0.29, 0.717) is 43.4 Å². The van der Waals surface area contributed by atoms with Crippen LogP contribution in [0.3, 0.4) is 0 Å². The first kappa shape index (κ1) is 20.8. The highest BCUT2D eigenvalue weighted by atomic mass is 35.5. The zero-order valence-electron chi connectivity index (χ0n) is 17.7. The van der Waals surface area contributed by atoms with Gasteiger partial charge in [0.1, 0.15) is 0 Å². The van der Waals surface area contributed by atoms with E-state index in [2.05, 4.69) is 14.9 Å². The van der Waals surface area contributed by atoms with E-state index in [1.807, 2.05) is 31.2 Å². The predicted octanol–water partition coefficient (Wildman–Crippen LogP) is 3.80. The summed E-state index contributed by atoms with van der Waals surface area (Å²) in [6.07, 6.45) is 2.99. The van der Waals surface area contributed by atoms with Gasteiger partial charge in [0.15, 0.2) is 0 Å². The first-order valence-corrected chi connectivity index (χ1v) is 11.0. The lowest BCUT2D eigenvalue weighted by Crippen LogP contribution is -2.60. The number of hydrogen-bond acceptors (Lipinski definition) is 6. The number of ether oxygens (including phenoxy) is 1. The lowest BCUT2D eigenvalue weighted by Gasteiger charge is -2.46. The van der Waals surface area contributed by atoms with Crippen molar-refractivity contribution in [1.82, 2.24) is 14.9 Å². The number of piperidine rings is 1. The number of aromatic nitrogens is 2. The van der Waals surface area contributed by atoms with Crippen LogP contribution in [-0.4, -0.2) is 64.5 Å². The SMILES string of the molecule is Cc1ccnc(-c2ccc3ncc(Cl)c(N4CC[C@H]5[C@H](C4)OCCN5C(=O)O)c3c2)c1N. The summed E-state index contributed by atoms with van der Waals surface area (Å²) in [6, 6.07) is 7.68. The normalized spacial score (nSPS) is 20.9. The lowest BCUT2D eigenvalue weighted by atomic mass is 9.97. The average Bonchev–Trinajstić information content (AvgIpc) is 2.79. The Labute approximate surface area is 190 Å². The second kappa shape index (κ2) is 8.11. The Kier molecular flexibility index (Phi) is 5.27. The Hall–Kier alpha value is -3.10. The van der Waals surface area contributed by atoms with Gasteiger partial charge in [-0.25, -0.2) is 4.79 Å². The van der Waals surface area contributed by atoms with Crippen LogP contribution in [0.15, 0.2) is 36.7 Å². The van der Waals surface area contributed by atoms with E-state index >= 15 is 0 Å². The van der Waals surface area contributed by atoms with Gasteiger partial charge in [0.2, 0.25) is 0 Å². The van der Waals surface area contributed by atoms with Crippen LogP contribution in [0.2, 0.25) is 5.02 Å². The largest absolute Gasteiger partial charge is 0.465 e. The molecule has 1 aromatic carbocycles. The number of carboxylic acid groups (broad SMARTS) is 1. The highest BCUT2D eigenvalue weighted by Crippen LogP contribution is 2.38. The third kappa shape index (κ3) is 3.49. The molecule has 2 aliphatic heterocycles. The Bertz CT molecular complexity index is 1200.